The molecule has 0 aliphatic carbocycles. The molecular formula is C61H57N5. The number of rotatable bonds is 12. The van der Waals surface area contributed by atoms with Crippen LogP contribution >= 0.6 is 0 Å². The Balaban J connectivity index is 1.25. The molecule has 0 N–H and O–H groups in total. The minimum Gasteiger partial charge on any atom is -0.310 e. The van der Waals surface area contributed by atoms with Gasteiger partial charge in [0.05, 0.1) is 0 Å². The van der Waals surface area contributed by atoms with Gasteiger partial charge in [0.15, 0.2) is 0 Å². The van der Waals surface area contributed by atoms with Crippen LogP contribution in [0.1, 0.15) is 52.7 Å². The third-order valence-electron chi connectivity index (χ3n) is 11.8. The summed E-state index contributed by atoms with van der Waals surface area (Å²) in [6, 6.07) is 84.0. The maximum absolute atomic E-state index is 5.67. The monoisotopic (exact) mass is 859 g/mol. The first-order valence-electron chi connectivity index (χ1n) is 22.8. The van der Waals surface area contributed by atoms with E-state index in [2.05, 4.69) is 298 Å². The first-order valence-corrected chi connectivity index (χ1v) is 22.8. The molecule has 8 aromatic carbocycles. The summed E-state index contributed by atoms with van der Waals surface area (Å²) in [5.41, 5.74) is 12.6. The van der Waals surface area contributed by atoms with Gasteiger partial charge in [-0.1, -0.05) is 157 Å². The van der Waals surface area contributed by atoms with Gasteiger partial charge < -0.3 is 9.80 Å². The van der Waals surface area contributed by atoms with E-state index in [1.807, 2.05) is 0 Å². The van der Waals surface area contributed by atoms with Gasteiger partial charge in [-0.2, -0.15) is 0 Å². The molecule has 0 saturated carbocycles. The van der Waals surface area contributed by atoms with E-state index in [9.17, 15) is 0 Å². The number of hydrogen-bond acceptors (Lipinski definition) is 5. The van der Waals surface area contributed by atoms with Gasteiger partial charge in [-0.3, -0.25) is 9.80 Å². The van der Waals surface area contributed by atoms with E-state index in [1.165, 1.54) is 11.1 Å². The lowest BCUT2D eigenvalue weighted by Gasteiger charge is -2.33. The van der Waals surface area contributed by atoms with Crippen molar-refractivity contribution in [2.45, 2.75) is 52.4 Å². The van der Waals surface area contributed by atoms with Gasteiger partial charge in [-0.05, 0) is 143 Å². The Bertz CT molecular complexity index is 2700. The minimum absolute atomic E-state index is 0.158. The fraction of sp³-hybridized carbons (Fsp3) is 0.131. The smallest absolute Gasteiger partial charge is 0.140 e. The lowest BCUT2D eigenvalue weighted by atomic mass is 9.86. The van der Waals surface area contributed by atoms with E-state index in [1.54, 1.807) is 0 Å². The van der Waals surface area contributed by atoms with Crippen molar-refractivity contribution in [1.29, 1.82) is 0 Å². The first-order chi connectivity index (χ1) is 32.0. The van der Waals surface area contributed by atoms with Crippen LogP contribution in [0, 0.1) is 0 Å². The Hall–Kier alpha value is -7.89. The Morgan fingerprint density at radius 1 is 0.242 bits per heavy atom. The van der Waals surface area contributed by atoms with Crippen LogP contribution in [0.2, 0.25) is 0 Å². The van der Waals surface area contributed by atoms with Crippen LogP contribution in [0.25, 0.3) is 0 Å². The predicted molar refractivity (Wildman–Crippen MR) is 280 cm³/mol. The Labute approximate surface area is 391 Å². The summed E-state index contributed by atoms with van der Waals surface area (Å²) >= 11 is 0. The van der Waals surface area contributed by atoms with Crippen LogP contribution in [-0.4, -0.2) is 4.98 Å². The summed E-state index contributed by atoms with van der Waals surface area (Å²) in [7, 11) is 0. The van der Waals surface area contributed by atoms with Crippen LogP contribution < -0.4 is 19.6 Å². The molecule has 5 heteroatoms. The number of anilines is 12. The van der Waals surface area contributed by atoms with Crippen molar-refractivity contribution in [3.05, 3.63) is 248 Å². The molecule has 0 aliphatic heterocycles. The van der Waals surface area contributed by atoms with E-state index >= 15 is 0 Å². The summed E-state index contributed by atoms with van der Waals surface area (Å²) in [5.74, 6) is 1.59. The minimum atomic E-state index is -0.158. The zero-order chi connectivity index (χ0) is 45.7. The molecule has 0 radical (unpaired) electrons. The van der Waals surface area contributed by atoms with Crippen molar-refractivity contribution < 1.29 is 0 Å². The molecule has 9 aromatic rings. The number of nitrogens with zero attached hydrogens (tertiary/aromatic N) is 5. The zero-order valence-electron chi connectivity index (χ0n) is 38.8. The molecule has 0 spiro atoms. The van der Waals surface area contributed by atoms with Crippen molar-refractivity contribution in [2.75, 3.05) is 19.6 Å². The molecule has 66 heavy (non-hydrogen) atoms. The van der Waals surface area contributed by atoms with Crippen molar-refractivity contribution in [3.63, 3.8) is 0 Å². The third kappa shape index (κ3) is 9.47. The average Bonchev–Trinajstić information content (AvgIpc) is 3.34. The molecule has 0 saturated heterocycles. The van der Waals surface area contributed by atoms with Crippen LogP contribution in [0.3, 0.4) is 0 Å². The third-order valence-corrected chi connectivity index (χ3v) is 11.8. The molecule has 0 aliphatic rings. The normalized spacial score (nSPS) is 11.5. The van der Waals surface area contributed by atoms with Crippen LogP contribution in [0.15, 0.2) is 237 Å². The first kappa shape index (κ1) is 43.4. The lowest BCUT2D eigenvalue weighted by Crippen LogP contribution is -2.20. The second kappa shape index (κ2) is 18.7. The quantitative estimate of drug-likeness (QED) is 0.122. The van der Waals surface area contributed by atoms with Gasteiger partial charge in [-0.15, -0.1) is 0 Å². The Morgan fingerprint density at radius 2 is 0.470 bits per heavy atom. The highest BCUT2D eigenvalue weighted by atomic mass is 15.3. The van der Waals surface area contributed by atoms with Gasteiger partial charge in [0.2, 0.25) is 0 Å². The highest BCUT2D eigenvalue weighted by Crippen LogP contribution is 2.46. The number of hydrogen-bond donors (Lipinski definition) is 0. The van der Waals surface area contributed by atoms with Crippen LogP contribution in [0.4, 0.5) is 68.5 Å². The van der Waals surface area contributed by atoms with Gasteiger partial charge >= 0.3 is 0 Å². The fourth-order valence-electron chi connectivity index (χ4n) is 8.42. The molecule has 1 aromatic heterocycles. The van der Waals surface area contributed by atoms with E-state index in [0.717, 1.165) is 68.5 Å². The van der Waals surface area contributed by atoms with Crippen molar-refractivity contribution in [2.24, 2.45) is 0 Å². The number of aromatic nitrogens is 1. The van der Waals surface area contributed by atoms with E-state index in [0.29, 0.717) is 0 Å². The summed E-state index contributed by atoms with van der Waals surface area (Å²) in [4.78, 5) is 14.9. The lowest BCUT2D eigenvalue weighted by molar-refractivity contribution is 0.590. The molecule has 0 unspecified atom stereocenters. The van der Waals surface area contributed by atoms with Crippen LogP contribution in [0.5, 0.6) is 0 Å². The Morgan fingerprint density at radius 3 is 0.712 bits per heavy atom. The number of benzene rings is 8. The summed E-state index contributed by atoms with van der Waals surface area (Å²) in [6.45, 7) is 13.7. The second-order valence-corrected chi connectivity index (χ2v) is 18.7. The van der Waals surface area contributed by atoms with Gasteiger partial charge in [-0.25, -0.2) is 4.98 Å². The van der Waals surface area contributed by atoms with Crippen molar-refractivity contribution >= 4 is 68.5 Å². The largest absolute Gasteiger partial charge is 0.310 e. The molecule has 9 rings (SSSR count). The van der Waals surface area contributed by atoms with Gasteiger partial charge in [0.1, 0.15) is 11.6 Å². The molecule has 5 nitrogen and oxygen atoms in total. The summed E-state index contributed by atoms with van der Waals surface area (Å²) in [5, 5.41) is 0. The highest BCUT2D eigenvalue weighted by molar-refractivity contribution is 5.86. The van der Waals surface area contributed by atoms with E-state index in [-0.39, 0.29) is 10.8 Å². The molecule has 0 atom stereocenters. The molecular weight excluding hydrogens is 803 g/mol. The number of pyridine rings is 1. The van der Waals surface area contributed by atoms with Crippen molar-refractivity contribution in [1.82, 2.24) is 4.98 Å². The van der Waals surface area contributed by atoms with Gasteiger partial charge in [0, 0.05) is 56.9 Å². The van der Waals surface area contributed by atoms with Crippen molar-refractivity contribution in [3.8, 4) is 0 Å². The molecule has 0 amide bonds. The summed E-state index contributed by atoms with van der Waals surface area (Å²) in [6.07, 6.45) is 0. The summed E-state index contributed by atoms with van der Waals surface area (Å²) < 4.78 is 0. The van der Waals surface area contributed by atoms with Gasteiger partial charge in [0.25, 0.3) is 0 Å². The second-order valence-electron chi connectivity index (χ2n) is 18.7. The van der Waals surface area contributed by atoms with Crippen LogP contribution in [-0.2, 0) is 10.8 Å². The zero-order valence-corrected chi connectivity index (χ0v) is 38.8. The maximum atomic E-state index is 5.67. The molecule has 0 fully saturated rings. The van der Waals surface area contributed by atoms with E-state index < -0.39 is 0 Å². The number of para-hydroxylation sites is 6. The molecule has 1 heterocycles. The predicted octanol–water partition coefficient (Wildman–Crippen LogP) is 17.6. The SMILES string of the molecule is CC(C)(C)c1cc(N(c2ccccc2)c2ccccc2)cc(N(c2ccccc2)c2cccc(N(c3ccccc3)c3cc(N(c4ccccc4)c4ccccc4)cc(C(C)(C)C)c3)n2)c1. The maximum Gasteiger partial charge on any atom is 0.140 e. The highest BCUT2D eigenvalue weighted by Gasteiger charge is 2.26. The Kier molecular flexibility index (Phi) is 12.3. The standard InChI is InChI=1S/C61H57N5/c1-60(2,3)46-40-54(63(48-26-13-7-14-27-48)49-28-15-8-16-29-49)44-56(42-46)65(52-34-21-11-22-35-52)58-38-25-39-59(62-58)66(53-36-23-12-24-37-53)57-43-47(61(4,5)6)41-55(45-57)64(50-30-17-9-18-31-50)51-32-19-10-20-33-51/h7-45H,1-6H3. The average molecular weight is 860 g/mol. The topological polar surface area (TPSA) is 25.9 Å². The molecule has 0 bridgehead atoms. The fourth-order valence-corrected chi connectivity index (χ4v) is 8.42. The van der Waals surface area contributed by atoms with E-state index in [4.69, 9.17) is 4.98 Å². The molecule has 326 valence electrons.